The van der Waals surface area contributed by atoms with Crippen LogP contribution in [0.4, 0.5) is 0 Å². The van der Waals surface area contributed by atoms with Crippen LogP contribution in [-0.4, -0.2) is 6.29 Å². The van der Waals surface area contributed by atoms with Gasteiger partial charge in [0.2, 0.25) is 0 Å². The van der Waals surface area contributed by atoms with Gasteiger partial charge in [0.05, 0.1) is 4.34 Å². The molecule has 1 aromatic rings. The monoisotopic (exact) mass is 216 g/mol. The summed E-state index contributed by atoms with van der Waals surface area (Å²) in [5.74, 6) is 0.815. The van der Waals surface area contributed by atoms with Gasteiger partial charge in [-0.3, -0.25) is 0 Å². The van der Waals surface area contributed by atoms with Crippen molar-refractivity contribution in [1.29, 1.82) is 0 Å². The van der Waals surface area contributed by atoms with E-state index in [0.29, 0.717) is 18.3 Å². The van der Waals surface area contributed by atoms with E-state index in [1.807, 2.05) is 12.1 Å². The van der Waals surface area contributed by atoms with Crippen molar-refractivity contribution < 1.29 is 4.79 Å². The summed E-state index contributed by atoms with van der Waals surface area (Å²) in [4.78, 5) is 11.7. The van der Waals surface area contributed by atoms with E-state index >= 15 is 0 Å². The Kier molecular flexibility index (Phi) is 3.94. The highest BCUT2D eigenvalue weighted by Crippen LogP contribution is 2.34. The lowest BCUT2D eigenvalue weighted by molar-refractivity contribution is -0.108. The predicted octanol–water partition coefficient (Wildman–Crippen LogP) is 3.73. The lowest BCUT2D eigenvalue weighted by Gasteiger charge is -2.15. The molecule has 1 atom stereocenters. The van der Waals surface area contributed by atoms with Crippen LogP contribution in [0.15, 0.2) is 12.1 Å². The minimum absolute atomic E-state index is 0.329. The van der Waals surface area contributed by atoms with Crippen LogP contribution < -0.4 is 0 Å². The van der Waals surface area contributed by atoms with Crippen LogP contribution in [-0.2, 0) is 4.79 Å². The maximum Gasteiger partial charge on any atom is 0.120 e. The van der Waals surface area contributed by atoms with Gasteiger partial charge in [0, 0.05) is 17.2 Å². The molecule has 0 bridgehead atoms. The zero-order valence-corrected chi connectivity index (χ0v) is 9.36. The highest BCUT2D eigenvalue weighted by Gasteiger charge is 2.16. The topological polar surface area (TPSA) is 17.1 Å². The SMILES string of the molecule is CC(C)C(CC=O)c1ccc(Cl)s1. The van der Waals surface area contributed by atoms with E-state index in [0.717, 1.165) is 10.6 Å². The highest BCUT2D eigenvalue weighted by atomic mass is 35.5. The number of halogens is 1. The highest BCUT2D eigenvalue weighted by molar-refractivity contribution is 7.16. The van der Waals surface area contributed by atoms with Gasteiger partial charge in [-0.2, -0.15) is 0 Å². The van der Waals surface area contributed by atoms with Crippen LogP contribution in [0.5, 0.6) is 0 Å². The van der Waals surface area contributed by atoms with Gasteiger partial charge in [-0.1, -0.05) is 25.4 Å². The van der Waals surface area contributed by atoms with Crippen LogP contribution >= 0.6 is 22.9 Å². The molecule has 0 spiro atoms. The summed E-state index contributed by atoms with van der Waals surface area (Å²) < 4.78 is 0.798. The van der Waals surface area contributed by atoms with Crippen LogP contribution in [0.25, 0.3) is 0 Å². The quantitative estimate of drug-likeness (QED) is 0.701. The lowest BCUT2D eigenvalue weighted by Crippen LogP contribution is -2.05. The number of hydrogen-bond acceptors (Lipinski definition) is 2. The van der Waals surface area contributed by atoms with Gasteiger partial charge in [0.1, 0.15) is 6.29 Å². The second-order valence-corrected chi connectivity index (χ2v) is 5.14. The first-order valence-electron chi connectivity index (χ1n) is 4.34. The predicted molar refractivity (Wildman–Crippen MR) is 57.6 cm³/mol. The standard InChI is InChI=1S/C10H13ClOS/c1-7(2)8(5-6-12)9-3-4-10(11)13-9/h3-4,6-8H,5H2,1-2H3. The molecule has 1 heterocycles. The molecule has 1 unspecified atom stereocenters. The Morgan fingerprint density at radius 2 is 2.23 bits per heavy atom. The molecule has 0 aliphatic heterocycles. The van der Waals surface area contributed by atoms with Crippen molar-refractivity contribution in [3.05, 3.63) is 21.3 Å². The Labute approximate surface area is 87.7 Å². The van der Waals surface area contributed by atoms with Gasteiger partial charge in [-0.05, 0) is 18.1 Å². The number of hydrogen-bond donors (Lipinski definition) is 0. The first-order valence-corrected chi connectivity index (χ1v) is 5.53. The average molecular weight is 217 g/mol. The van der Waals surface area contributed by atoms with Crippen molar-refractivity contribution >= 4 is 29.2 Å². The van der Waals surface area contributed by atoms with Gasteiger partial charge in [-0.15, -0.1) is 11.3 Å². The number of rotatable bonds is 4. The summed E-state index contributed by atoms with van der Waals surface area (Å²) in [6.07, 6.45) is 1.58. The fourth-order valence-electron chi connectivity index (χ4n) is 1.35. The maximum atomic E-state index is 10.5. The van der Waals surface area contributed by atoms with Crippen LogP contribution in [0.3, 0.4) is 0 Å². The molecule has 1 rings (SSSR count). The summed E-state index contributed by atoms with van der Waals surface area (Å²) in [5.41, 5.74) is 0. The Balaban J connectivity index is 2.81. The molecular weight excluding hydrogens is 204 g/mol. The van der Waals surface area contributed by atoms with Crippen molar-refractivity contribution in [2.75, 3.05) is 0 Å². The smallest absolute Gasteiger partial charge is 0.120 e. The molecule has 0 saturated carbocycles. The Bertz CT molecular complexity index is 280. The second kappa shape index (κ2) is 4.77. The number of thiophene rings is 1. The maximum absolute atomic E-state index is 10.5. The Hall–Kier alpha value is -0.340. The van der Waals surface area contributed by atoms with E-state index in [1.54, 1.807) is 11.3 Å². The molecule has 1 aromatic heterocycles. The van der Waals surface area contributed by atoms with Crippen LogP contribution in [0.1, 0.15) is 31.1 Å². The number of aldehydes is 1. The van der Waals surface area contributed by atoms with E-state index < -0.39 is 0 Å². The third-order valence-electron chi connectivity index (χ3n) is 2.11. The Morgan fingerprint density at radius 3 is 2.62 bits per heavy atom. The van der Waals surface area contributed by atoms with Crippen LogP contribution in [0, 0.1) is 5.92 Å². The molecule has 0 N–H and O–H groups in total. The van der Waals surface area contributed by atoms with Gasteiger partial charge in [0.15, 0.2) is 0 Å². The molecule has 72 valence electrons. The molecule has 0 saturated heterocycles. The molecule has 3 heteroatoms. The van der Waals surface area contributed by atoms with E-state index in [-0.39, 0.29) is 0 Å². The molecule has 0 aliphatic rings. The second-order valence-electron chi connectivity index (χ2n) is 3.39. The molecule has 0 radical (unpaired) electrons. The zero-order valence-electron chi connectivity index (χ0n) is 7.79. The van der Waals surface area contributed by atoms with Crippen molar-refractivity contribution in [1.82, 2.24) is 0 Å². The number of carbonyl (C=O) groups excluding carboxylic acids is 1. The molecule has 0 amide bonds. The van der Waals surface area contributed by atoms with Crippen molar-refractivity contribution in [3.63, 3.8) is 0 Å². The first kappa shape index (κ1) is 10.7. The van der Waals surface area contributed by atoms with Gasteiger partial charge in [0.25, 0.3) is 0 Å². The third-order valence-corrected chi connectivity index (χ3v) is 3.48. The minimum Gasteiger partial charge on any atom is -0.303 e. The summed E-state index contributed by atoms with van der Waals surface area (Å²) in [5, 5.41) is 0. The molecule has 0 aromatic carbocycles. The van der Waals surface area contributed by atoms with Crippen molar-refractivity contribution in [3.8, 4) is 0 Å². The molecule has 13 heavy (non-hydrogen) atoms. The fourth-order valence-corrected chi connectivity index (χ4v) is 2.70. The minimum atomic E-state index is 0.329. The van der Waals surface area contributed by atoms with Crippen LogP contribution in [0.2, 0.25) is 4.34 Å². The summed E-state index contributed by atoms with van der Waals surface area (Å²) in [6.45, 7) is 4.25. The van der Waals surface area contributed by atoms with E-state index in [2.05, 4.69) is 13.8 Å². The van der Waals surface area contributed by atoms with Gasteiger partial charge in [-0.25, -0.2) is 0 Å². The van der Waals surface area contributed by atoms with Crippen molar-refractivity contribution in [2.24, 2.45) is 5.92 Å². The fraction of sp³-hybridized carbons (Fsp3) is 0.500. The molecule has 1 nitrogen and oxygen atoms in total. The normalized spacial score (nSPS) is 13.2. The largest absolute Gasteiger partial charge is 0.303 e. The summed E-state index contributed by atoms with van der Waals surface area (Å²) >= 11 is 7.41. The van der Waals surface area contributed by atoms with E-state index in [9.17, 15) is 4.79 Å². The summed E-state index contributed by atoms with van der Waals surface area (Å²) in [7, 11) is 0. The van der Waals surface area contributed by atoms with E-state index in [4.69, 9.17) is 11.6 Å². The third kappa shape index (κ3) is 2.82. The van der Waals surface area contributed by atoms with Gasteiger partial charge >= 0.3 is 0 Å². The van der Waals surface area contributed by atoms with Crippen molar-refractivity contribution in [2.45, 2.75) is 26.2 Å². The first-order chi connectivity index (χ1) is 6.15. The molecule has 0 aliphatic carbocycles. The number of carbonyl (C=O) groups is 1. The van der Waals surface area contributed by atoms with Gasteiger partial charge < -0.3 is 4.79 Å². The summed E-state index contributed by atoms with van der Waals surface area (Å²) in [6, 6.07) is 3.91. The zero-order chi connectivity index (χ0) is 9.84. The molecule has 0 fully saturated rings. The molecular formula is C10H13ClOS. The van der Waals surface area contributed by atoms with E-state index in [1.165, 1.54) is 4.88 Å². The Morgan fingerprint density at radius 1 is 1.54 bits per heavy atom. The average Bonchev–Trinajstić information content (AvgIpc) is 2.46. The lowest BCUT2D eigenvalue weighted by atomic mass is 9.92.